The number of pyridine rings is 1. The fourth-order valence-corrected chi connectivity index (χ4v) is 4.56. The third kappa shape index (κ3) is 4.55. The molecule has 0 spiro atoms. The van der Waals surface area contributed by atoms with Gasteiger partial charge in [0.1, 0.15) is 0 Å². The largest absolute Gasteiger partial charge is 0.353 e. The number of piperazine rings is 1. The molecule has 1 saturated heterocycles. The smallest absolute Gasteiger partial charge is 0.266 e. The first-order valence-corrected chi connectivity index (χ1v) is 11.5. The van der Waals surface area contributed by atoms with Crippen LogP contribution in [0.15, 0.2) is 47.5 Å². The topological polar surface area (TPSA) is 80.0 Å². The summed E-state index contributed by atoms with van der Waals surface area (Å²) in [5, 5.41) is 13.6. The lowest BCUT2D eigenvalue weighted by Crippen LogP contribution is -2.48. The number of anilines is 1. The predicted octanol–water partition coefficient (Wildman–Crippen LogP) is 2.04. The van der Waals surface area contributed by atoms with Crippen LogP contribution in [0.4, 0.5) is 5.82 Å². The Morgan fingerprint density at radius 2 is 1.94 bits per heavy atom. The highest BCUT2D eigenvalue weighted by atomic mass is 16.1. The zero-order chi connectivity index (χ0) is 21.9. The monoisotopic (exact) mass is 431 g/mol. The van der Waals surface area contributed by atoms with Gasteiger partial charge in [-0.15, -0.1) is 5.10 Å². The van der Waals surface area contributed by atoms with Crippen LogP contribution < -0.4 is 10.5 Å². The number of hydrogen-bond donors (Lipinski definition) is 0. The Kier molecular flexibility index (Phi) is 5.94. The fraction of sp³-hybridized carbons (Fsp3) is 0.458. The van der Waals surface area contributed by atoms with E-state index >= 15 is 0 Å². The third-order valence-electron chi connectivity index (χ3n) is 6.54. The van der Waals surface area contributed by atoms with Crippen molar-refractivity contribution in [1.82, 2.24) is 29.9 Å². The Bertz CT molecular complexity index is 1120. The average Bonchev–Trinajstić information content (AvgIpc) is 2.84. The summed E-state index contributed by atoms with van der Waals surface area (Å²) in [4.78, 5) is 21.2. The summed E-state index contributed by atoms with van der Waals surface area (Å²) < 4.78 is 1.56. The second-order valence-corrected chi connectivity index (χ2v) is 8.87. The van der Waals surface area contributed by atoms with Crippen molar-refractivity contribution in [3.05, 3.63) is 64.3 Å². The first kappa shape index (κ1) is 20.8. The van der Waals surface area contributed by atoms with Gasteiger partial charge >= 0.3 is 0 Å². The first-order chi connectivity index (χ1) is 15.7. The van der Waals surface area contributed by atoms with Crippen molar-refractivity contribution in [3.8, 4) is 11.3 Å². The standard InChI is InChI=1S/C24H29N7O/c1-18-4-5-21-20(15-18)16-23(27-26-21)30-12-9-29(10-13-30)11-14-31-24(32)7-6-22(28-31)19-3-2-8-25-17-19/h2-3,6-8,16-18H,4-5,9-15H2,1H3. The van der Waals surface area contributed by atoms with Crippen LogP contribution in [0.3, 0.4) is 0 Å². The van der Waals surface area contributed by atoms with Gasteiger partial charge in [-0.25, -0.2) is 4.68 Å². The van der Waals surface area contributed by atoms with Crippen molar-refractivity contribution in [3.63, 3.8) is 0 Å². The Balaban J connectivity index is 1.18. The maximum absolute atomic E-state index is 12.3. The van der Waals surface area contributed by atoms with Crippen LogP contribution in [-0.4, -0.2) is 62.6 Å². The summed E-state index contributed by atoms with van der Waals surface area (Å²) in [7, 11) is 0. The molecule has 0 N–H and O–H groups in total. The maximum atomic E-state index is 12.3. The van der Waals surface area contributed by atoms with E-state index in [2.05, 4.69) is 43.1 Å². The van der Waals surface area contributed by atoms with E-state index in [4.69, 9.17) is 0 Å². The first-order valence-electron chi connectivity index (χ1n) is 11.5. The predicted molar refractivity (Wildman–Crippen MR) is 124 cm³/mol. The van der Waals surface area contributed by atoms with Gasteiger partial charge in [-0.2, -0.15) is 10.2 Å². The summed E-state index contributed by atoms with van der Waals surface area (Å²) in [6.45, 7) is 7.39. The fourth-order valence-electron chi connectivity index (χ4n) is 4.56. The summed E-state index contributed by atoms with van der Waals surface area (Å²) in [5.41, 5.74) is 4.15. The second-order valence-electron chi connectivity index (χ2n) is 8.87. The molecule has 1 aliphatic heterocycles. The third-order valence-corrected chi connectivity index (χ3v) is 6.54. The summed E-state index contributed by atoms with van der Waals surface area (Å²) in [6, 6.07) is 9.42. The van der Waals surface area contributed by atoms with Crippen LogP contribution in [0.5, 0.6) is 0 Å². The lowest BCUT2D eigenvalue weighted by atomic mass is 9.88. The molecule has 0 amide bonds. The van der Waals surface area contributed by atoms with Gasteiger partial charge < -0.3 is 4.90 Å². The molecule has 0 saturated carbocycles. The highest BCUT2D eigenvalue weighted by Crippen LogP contribution is 2.26. The zero-order valence-electron chi connectivity index (χ0n) is 18.5. The Morgan fingerprint density at radius 3 is 2.75 bits per heavy atom. The Hall–Kier alpha value is -3.13. The Labute approximate surface area is 187 Å². The molecule has 1 unspecified atom stereocenters. The molecule has 2 aliphatic rings. The van der Waals surface area contributed by atoms with Crippen LogP contribution in [0.2, 0.25) is 0 Å². The molecule has 8 nitrogen and oxygen atoms in total. The van der Waals surface area contributed by atoms with Crippen molar-refractivity contribution >= 4 is 5.82 Å². The van der Waals surface area contributed by atoms with Crippen LogP contribution in [-0.2, 0) is 19.4 Å². The van der Waals surface area contributed by atoms with Crippen LogP contribution >= 0.6 is 0 Å². The lowest BCUT2D eigenvalue weighted by Gasteiger charge is -2.35. The van der Waals surface area contributed by atoms with Crippen molar-refractivity contribution in [2.45, 2.75) is 32.7 Å². The minimum Gasteiger partial charge on any atom is -0.353 e. The minimum atomic E-state index is -0.0742. The molecule has 5 rings (SSSR count). The van der Waals surface area contributed by atoms with Crippen LogP contribution in [0.25, 0.3) is 11.3 Å². The van der Waals surface area contributed by atoms with Gasteiger partial charge in [-0.05, 0) is 55.0 Å². The molecule has 1 fully saturated rings. The van der Waals surface area contributed by atoms with Crippen LogP contribution in [0.1, 0.15) is 24.6 Å². The van der Waals surface area contributed by atoms with Gasteiger partial charge in [0, 0.05) is 56.7 Å². The van der Waals surface area contributed by atoms with Crippen molar-refractivity contribution in [1.29, 1.82) is 0 Å². The van der Waals surface area contributed by atoms with Gasteiger partial charge in [-0.1, -0.05) is 6.92 Å². The molecule has 4 heterocycles. The molecule has 0 aromatic carbocycles. The van der Waals surface area contributed by atoms with Gasteiger partial charge in [0.25, 0.3) is 5.56 Å². The quantitative estimate of drug-likeness (QED) is 0.612. The van der Waals surface area contributed by atoms with Gasteiger partial charge in [0.05, 0.1) is 17.9 Å². The van der Waals surface area contributed by atoms with E-state index in [1.807, 2.05) is 12.1 Å². The van der Waals surface area contributed by atoms with E-state index in [1.165, 1.54) is 17.7 Å². The number of rotatable bonds is 5. The van der Waals surface area contributed by atoms with Crippen molar-refractivity contribution < 1.29 is 0 Å². The van der Waals surface area contributed by atoms with Gasteiger partial charge in [0.15, 0.2) is 5.82 Å². The molecule has 0 bridgehead atoms. The molecule has 166 valence electrons. The molecule has 0 radical (unpaired) electrons. The van der Waals surface area contributed by atoms with E-state index in [0.717, 1.165) is 68.6 Å². The SMILES string of the molecule is CC1CCc2nnc(N3CCN(CCn4nc(-c5cccnc5)ccc4=O)CC3)cc2C1. The van der Waals surface area contributed by atoms with E-state index in [0.29, 0.717) is 6.54 Å². The number of aryl methyl sites for hydroxylation is 1. The molecular weight excluding hydrogens is 402 g/mol. The van der Waals surface area contributed by atoms with E-state index in [-0.39, 0.29) is 5.56 Å². The number of aromatic nitrogens is 5. The van der Waals surface area contributed by atoms with Crippen molar-refractivity contribution in [2.24, 2.45) is 5.92 Å². The summed E-state index contributed by atoms with van der Waals surface area (Å²) >= 11 is 0. The molecule has 3 aromatic rings. The maximum Gasteiger partial charge on any atom is 0.266 e. The van der Waals surface area contributed by atoms with Gasteiger partial charge in [-0.3, -0.25) is 14.7 Å². The number of fused-ring (bicyclic) bond motifs is 1. The van der Waals surface area contributed by atoms with Gasteiger partial charge in [0.2, 0.25) is 0 Å². The Morgan fingerprint density at radius 1 is 1.06 bits per heavy atom. The second kappa shape index (κ2) is 9.16. The summed E-state index contributed by atoms with van der Waals surface area (Å²) in [5.74, 6) is 1.73. The molecule has 8 heteroatoms. The zero-order valence-corrected chi connectivity index (χ0v) is 18.5. The average molecular weight is 432 g/mol. The lowest BCUT2D eigenvalue weighted by molar-refractivity contribution is 0.242. The van der Waals surface area contributed by atoms with E-state index in [9.17, 15) is 4.79 Å². The molecule has 3 aromatic heterocycles. The van der Waals surface area contributed by atoms with Crippen molar-refractivity contribution in [2.75, 3.05) is 37.6 Å². The normalized spacial score (nSPS) is 19.0. The number of hydrogen-bond acceptors (Lipinski definition) is 7. The molecule has 32 heavy (non-hydrogen) atoms. The van der Waals surface area contributed by atoms with E-state index in [1.54, 1.807) is 29.2 Å². The highest BCUT2D eigenvalue weighted by Gasteiger charge is 2.22. The molecule has 1 atom stereocenters. The molecular formula is C24H29N7O. The van der Waals surface area contributed by atoms with E-state index < -0.39 is 0 Å². The van der Waals surface area contributed by atoms with Crippen LogP contribution in [0, 0.1) is 5.92 Å². The number of nitrogens with zero attached hydrogens (tertiary/aromatic N) is 7. The molecule has 1 aliphatic carbocycles. The minimum absolute atomic E-state index is 0.0742. The summed E-state index contributed by atoms with van der Waals surface area (Å²) in [6.07, 6.45) is 6.86. The highest BCUT2D eigenvalue weighted by molar-refractivity contribution is 5.56.